The van der Waals surface area contributed by atoms with Crippen molar-refractivity contribution in [3.05, 3.63) is 22.4 Å². The zero-order chi connectivity index (χ0) is 8.81. The van der Waals surface area contributed by atoms with Crippen LogP contribution >= 0.6 is 11.3 Å². The molecule has 0 aliphatic carbocycles. The molecule has 1 aromatic heterocycles. The summed E-state index contributed by atoms with van der Waals surface area (Å²) in [5.74, 6) is 0. The first-order valence-corrected chi connectivity index (χ1v) is 5.42. The molecule has 0 amide bonds. The number of thiophene rings is 1. The van der Waals surface area contributed by atoms with E-state index in [4.69, 9.17) is 0 Å². The zero-order valence-electron chi connectivity index (χ0n) is 7.92. The second kappa shape index (κ2) is 5.33. The van der Waals surface area contributed by atoms with Crippen molar-refractivity contribution in [2.24, 2.45) is 0 Å². The van der Waals surface area contributed by atoms with Gasteiger partial charge in [0.1, 0.15) is 0 Å². The second-order valence-electron chi connectivity index (χ2n) is 3.17. The van der Waals surface area contributed by atoms with E-state index < -0.39 is 0 Å². The molecule has 0 fully saturated rings. The van der Waals surface area contributed by atoms with Crippen molar-refractivity contribution < 1.29 is 0 Å². The number of hydrogen-bond acceptors (Lipinski definition) is 2. The lowest BCUT2D eigenvalue weighted by molar-refractivity contribution is 0.323. The van der Waals surface area contributed by atoms with E-state index in [0.29, 0.717) is 0 Å². The molecule has 1 heterocycles. The van der Waals surface area contributed by atoms with Crippen LogP contribution in [0.25, 0.3) is 0 Å². The summed E-state index contributed by atoms with van der Waals surface area (Å²) in [5.41, 5.74) is 0. The van der Waals surface area contributed by atoms with Crippen LogP contribution in [-0.4, -0.2) is 18.5 Å². The van der Waals surface area contributed by atoms with Gasteiger partial charge in [-0.3, -0.25) is 0 Å². The van der Waals surface area contributed by atoms with E-state index in [1.54, 1.807) is 0 Å². The molecule has 2 heteroatoms. The van der Waals surface area contributed by atoms with E-state index in [0.717, 1.165) is 6.54 Å². The summed E-state index contributed by atoms with van der Waals surface area (Å²) in [4.78, 5) is 3.85. The average molecular weight is 183 g/mol. The van der Waals surface area contributed by atoms with Crippen molar-refractivity contribution in [1.29, 1.82) is 0 Å². The van der Waals surface area contributed by atoms with Crippen molar-refractivity contribution in [2.75, 3.05) is 13.6 Å². The fourth-order valence-corrected chi connectivity index (χ4v) is 1.96. The lowest BCUT2D eigenvalue weighted by atomic mass is 10.3. The van der Waals surface area contributed by atoms with Crippen molar-refractivity contribution in [1.82, 2.24) is 4.90 Å². The fraction of sp³-hybridized carbons (Fsp3) is 0.600. The maximum atomic E-state index is 2.38. The minimum absolute atomic E-state index is 1.11. The fourth-order valence-electron chi connectivity index (χ4n) is 1.18. The first-order chi connectivity index (χ1) is 5.83. The highest BCUT2D eigenvalue weighted by atomic mass is 32.1. The predicted molar refractivity (Wildman–Crippen MR) is 55.6 cm³/mol. The lowest BCUT2D eigenvalue weighted by Gasteiger charge is -2.14. The maximum absolute atomic E-state index is 2.38. The molecule has 1 aromatic rings. The molecule has 0 aliphatic rings. The lowest BCUT2D eigenvalue weighted by Crippen LogP contribution is -2.18. The Kier molecular flexibility index (Phi) is 4.33. The topological polar surface area (TPSA) is 3.24 Å². The van der Waals surface area contributed by atoms with E-state index in [1.807, 2.05) is 11.3 Å². The molecule has 0 bridgehead atoms. The second-order valence-corrected chi connectivity index (χ2v) is 4.20. The van der Waals surface area contributed by atoms with Crippen LogP contribution in [0.4, 0.5) is 0 Å². The molecule has 0 saturated heterocycles. The Bertz CT molecular complexity index is 194. The van der Waals surface area contributed by atoms with Crippen molar-refractivity contribution in [3.63, 3.8) is 0 Å². The van der Waals surface area contributed by atoms with Crippen LogP contribution in [0, 0.1) is 0 Å². The van der Waals surface area contributed by atoms with Gasteiger partial charge >= 0.3 is 0 Å². The molecule has 0 unspecified atom stereocenters. The summed E-state index contributed by atoms with van der Waals surface area (Å²) in [5, 5.41) is 2.14. The highest BCUT2D eigenvalue weighted by molar-refractivity contribution is 7.09. The third-order valence-corrected chi connectivity index (χ3v) is 2.76. The molecule has 12 heavy (non-hydrogen) atoms. The van der Waals surface area contributed by atoms with Crippen LogP contribution in [0.15, 0.2) is 17.5 Å². The molecule has 0 aromatic carbocycles. The van der Waals surface area contributed by atoms with Gasteiger partial charge in [-0.05, 0) is 31.5 Å². The standard InChI is InChI=1S/C10H17NS/c1-3-4-7-11(2)9-10-6-5-8-12-10/h5-6,8H,3-4,7,9H2,1-2H3. The Labute approximate surface area is 79.0 Å². The summed E-state index contributed by atoms with van der Waals surface area (Å²) in [6, 6.07) is 4.32. The predicted octanol–water partition coefficient (Wildman–Crippen LogP) is 2.98. The molecule has 1 rings (SSSR count). The molecular weight excluding hydrogens is 166 g/mol. The van der Waals surface area contributed by atoms with Gasteiger partial charge in [0.25, 0.3) is 0 Å². The first kappa shape index (κ1) is 9.75. The SMILES string of the molecule is CCCCN(C)Cc1cccs1. The van der Waals surface area contributed by atoms with Crippen molar-refractivity contribution in [3.8, 4) is 0 Å². The third-order valence-electron chi connectivity index (χ3n) is 1.90. The van der Waals surface area contributed by atoms with Gasteiger partial charge in [-0.25, -0.2) is 0 Å². The Morgan fingerprint density at radius 1 is 1.50 bits per heavy atom. The Balaban J connectivity index is 2.22. The summed E-state index contributed by atoms with van der Waals surface area (Å²) >= 11 is 1.84. The largest absolute Gasteiger partial charge is 0.301 e. The molecular formula is C10H17NS. The first-order valence-electron chi connectivity index (χ1n) is 4.54. The summed E-state index contributed by atoms with van der Waals surface area (Å²) in [6.07, 6.45) is 2.59. The van der Waals surface area contributed by atoms with E-state index in [2.05, 4.69) is 36.4 Å². The van der Waals surface area contributed by atoms with Gasteiger partial charge in [-0.2, -0.15) is 0 Å². The van der Waals surface area contributed by atoms with Gasteiger partial charge < -0.3 is 4.90 Å². The van der Waals surface area contributed by atoms with Crippen LogP contribution in [-0.2, 0) is 6.54 Å². The highest BCUT2D eigenvalue weighted by Gasteiger charge is 1.99. The van der Waals surface area contributed by atoms with E-state index >= 15 is 0 Å². The average Bonchev–Trinajstić information content (AvgIpc) is 2.53. The highest BCUT2D eigenvalue weighted by Crippen LogP contribution is 2.10. The summed E-state index contributed by atoms with van der Waals surface area (Å²) in [7, 11) is 2.19. The molecule has 68 valence electrons. The Hall–Kier alpha value is -0.340. The Morgan fingerprint density at radius 3 is 2.92 bits per heavy atom. The number of rotatable bonds is 5. The van der Waals surface area contributed by atoms with Crippen molar-refractivity contribution in [2.45, 2.75) is 26.3 Å². The van der Waals surface area contributed by atoms with Gasteiger partial charge in [0.05, 0.1) is 0 Å². The zero-order valence-corrected chi connectivity index (χ0v) is 8.73. The van der Waals surface area contributed by atoms with Crippen LogP contribution in [0.2, 0.25) is 0 Å². The molecule has 0 saturated carbocycles. The summed E-state index contributed by atoms with van der Waals surface area (Å²) < 4.78 is 0. The Morgan fingerprint density at radius 2 is 2.33 bits per heavy atom. The summed E-state index contributed by atoms with van der Waals surface area (Å²) in [6.45, 7) is 4.56. The molecule has 0 radical (unpaired) electrons. The number of nitrogens with zero attached hydrogens (tertiary/aromatic N) is 1. The molecule has 0 N–H and O–H groups in total. The minimum Gasteiger partial charge on any atom is -0.301 e. The van der Waals surface area contributed by atoms with E-state index in [1.165, 1.54) is 24.3 Å². The molecule has 0 atom stereocenters. The smallest absolute Gasteiger partial charge is 0.0324 e. The van der Waals surface area contributed by atoms with Crippen LogP contribution in [0.5, 0.6) is 0 Å². The van der Waals surface area contributed by atoms with Gasteiger partial charge in [0.2, 0.25) is 0 Å². The van der Waals surface area contributed by atoms with Crippen LogP contribution < -0.4 is 0 Å². The van der Waals surface area contributed by atoms with E-state index in [9.17, 15) is 0 Å². The minimum atomic E-state index is 1.11. The van der Waals surface area contributed by atoms with Gasteiger partial charge in [0, 0.05) is 11.4 Å². The molecule has 0 spiro atoms. The van der Waals surface area contributed by atoms with Crippen molar-refractivity contribution >= 4 is 11.3 Å². The van der Waals surface area contributed by atoms with Gasteiger partial charge in [-0.1, -0.05) is 19.4 Å². The number of hydrogen-bond donors (Lipinski definition) is 0. The third kappa shape index (κ3) is 3.37. The van der Waals surface area contributed by atoms with Gasteiger partial charge in [0.15, 0.2) is 0 Å². The van der Waals surface area contributed by atoms with Crippen LogP contribution in [0.3, 0.4) is 0 Å². The normalized spacial score (nSPS) is 10.9. The maximum Gasteiger partial charge on any atom is 0.0324 e. The quantitative estimate of drug-likeness (QED) is 0.678. The molecule has 0 aliphatic heterocycles. The number of unbranched alkanes of at least 4 members (excludes halogenated alkanes) is 1. The monoisotopic (exact) mass is 183 g/mol. The molecule has 1 nitrogen and oxygen atoms in total. The van der Waals surface area contributed by atoms with E-state index in [-0.39, 0.29) is 0 Å². The van der Waals surface area contributed by atoms with Gasteiger partial charge in [-0.15, -0.1) is 11.3 Å². The van der Waals surface area contributed by atoms with Crippen LogP contribution in [0.1, 0.15) is 24.6 Å².